The zero-order valence-electron chi connectivity index (χ0n) is 14.0. The van der Waals surface area contributed by atoms with Crippen LogP contribution in [-0.2, 0) is 23.1 Å². The molecule has 2 aromatic rings. The Morgan fingerprint density at radius 3 is 3.00 bits per heavy atom. The average molecular weight is 370 g/mol. The lowest BCUT2D eigenvalue weighted by atomic mass is 10.1. The number of nitrogens with one attached hydrogen (secondary N) is 1. The lowest BCUT2D eigenvalue weighted by Crippen LogP contribution is -2.39. The topological polar surface area (TPSA) is 80.1 Å². The second kappa shape index (κ2) is 7.30. The number of nitrogens with zero attached hydrogens (tertiary/aromatic N) is 4. The smallest absolute Gasteiger partial charge is 0.211 e. The molecule has 0 saturated heterocycles. The lowest BCUT2D eigenvalue weighted by molar-refractivity contribution is 0.163. The number of hydrogen-bond acceptors (Lipinski definition) is 6. The van der Waals surface area contributed by atoms with Crippen LogP contribution in [0.5, 0.6) is 0 Å². The van der Waals surface area contributed by atoms with Crippen molar-refractivity contribution in [3.63, 3.8) is 0 Å². The van der Waals surface area contributed by atoms with E-state index in [0.717, 1.165) is 31.7 Å². The molecule has 24 heavy (non-hydrogen) atoms. The molecule has 7 nitrogen and oxygen atoms in total. The van der Waals surface area contributed by atoms with Gasteiger partial charge in [-0.05, 0) is 26.3 Å². The highest BCUT2D eigenvalue weighted by molar-refractivity contribution is 7.89. The predicted molar refractivity (Wildman–Crippen MR) is 94.3 cm³/mol. The van der Waals surface area contributed by atoms with Crippen LogP contribution in [0.25, 0.3) is 0 Å². The van der Waals surface area contributed by atoms with Crippen LogP contribution in [0.4, 0.5) is 0 Å². The second-order valence-corrected chi connectivity index (χ2v) is 9.07. The van der Waals surface area contributed by atoms with Crippen LogP contribution in [0.1, 0.15) is 35.7 Å². The molecule has 1 atom stereocenters. The van der Waals surface area contributed by atoms with E-state index in [1.54, 1.807) is 18.3 Å². The van der Waals surface area contributed by atoms with Crippen LogP contribution >= 0.6 is 11.3 Å². The average Bonchev–Trinajstić information content (AvgIpc) is 3.17. The summed E-state index contributed by atoms with van der Waals surface area (Å²) in [6.07, 6.45) is 2.55. The standard InChI is InChI=1S/C15H23N5O2S2/c1-3-24(21,22)18-7-5-14-9-19(8-13-4-6-17-20(13)14)10-15-12(2)16-11-23-15/h4,6,11,14,18H,3,5,7-10H2,1-2H3/t14-/m1/s1. The van der Waals surface area contributed by atoms with Gasteiger partial charge in [0.2, 0.25) is 10.0 Å². The van der Waals surface area contributed by atoms with E-state index < -0.39 is 10.0 Å². The molecule has 1 N–H and O–H groups in total. The summed E-state index contributed by atoms with van der Waals surface area (Å²) in [5.41, 5.74) is 4.15. The molecule has 1 aliphatic heterocycles. The fourth-order valence-corrected chi connectivity index (χ4v) is 4.41. The fraction of sp³-hybridized carbons (Fsp3) is 0.600. The SMILES string of the molecule is CCS(=O)(=O)NCC[C@@H]1CN(Cc2scnc2C)Cc2ccnn21. The molecule has 0 saturated carbocycles. The Morgan fingerprint density at radius 2 is 2.29 bits per heavy atom. The van der Waals surface area contributed by atoms with Crippen molar-refractivity contribution < 1.29 is 8.42 Å². The first kappa shape index (κ1) is 17.5. The van der Waals surface area contributed by atoms with Crippen LogP contribution in [0.15, 0.2) is 17.8 Å². The first-order chi connectivity index (χ1) is 11.5. The maximum Gasteiger partial charge on any atom is 0.211 e. The Kier molecular flexibility index (Phi) is 5.33. The summed E-state index contributed by atoms with van der Waals surface area (Å²) in [4.78, 5) is 7.99. The molecular formula is C15H23N5O2S2. The summed E-state index contributed by atoms with van der Waals surface area (Å²) in [6, 6.07) is 2.21. The quantitative estimate of drug-likeness (QED) is 0.801. The molecule has 9 heteroatoms. The summed E-state index contributed by atoms with van der Waals surface area (Å²) in [6.45, 7) is 6.71. The molecule has 0 spiro atoms. The number of aromatic nitrogens is 3. The van der Waals surface area contributed by atoms with E-state index in [2.05, 4.69) is 19.7 Å². The summed E-state index contributed by atoms with van der Waals surface area (Å²) < 4.78 is 27.9. The molecule has 0 unspecified atom stereocenters. The van der Waals surface area contributed by atoms with Crippen molar-refractivity contribution in [3.8, 4) is 0 Å². The number of fused-ring (bicyclic) bond motifs is 1. The number of rotatable bonds is 7. The van der Waals surface area contributed by atoms with Gasteiger partial charge in [-0.25, -0.2) is 18.1 Å². The van der Waals surface area contributed by atoms with Gasteiger partial charge in [0, 0.05) is 37.3 Å². The van der Waals surface area contributed by atoms with Crippen LogP contribution in [0.2, 0.25) is 0 Å². The second-order valence-electron chi connectivity index (χ2n) is 6.04. The van der Waals surface area contributed by atoms with E-state index in [-0.39, 0.29) is 11.8 Å². The van der Waals surface area contributed by atoms with Crippen molar-refractivity contribution in [1.29, 1.82) is 0 Å². The monoisotopic (exact) mass is 369 g/mol. The van der Waals surface area contributed by atoms with Crippen LogP contribution in [0, 0.1) is 6.92 Å². The summed E-state index contributed by atoms with van der Waals surface area (Å²) in [7, 11) is -3.14. The molecule has 0 radical (unpaired) electrons. The minimum atomic E-state index is -3.14. The summed E-state index contributed by atoms with van der Waals surface area (Å²) in [5, 5.41) is 4.43. The van der Waals surface area contributed by atoms with Gasteiger partial charge in [0.25, 0.3) is 0 Å². The maximum atomic E-state index is 11.6. The van der Waals surface area contributed by atoms with Crippen LogP contribution in [0.3, 0.4) is 0 Å². The van der Waals surface area contributed by atoms with Crippen LogP contribution < -0.4 is 4.72 Å². The molecule has 2 aromatic heterocycles. The minimum Gasteiger partial charge on any atom is -0.290 e. The number of hydrogen-bond donors (Lipinski definition) is 1. The Morgan fingerprint density at radius 1 is 1.46 bits per heavy atom. The highest BCUT2D eigenvalue weighted by Gasteiger charge is 2.26. The van der Waals surface area contributed by atoms with Gasteiger partial charge in [0.1, 0.15) is 0 Å². The van der Waals surface area contributed by atoms with Crippen molar-refractivity contribution in [2.45, 2.75) is 39.4 Å². The van der Waals surface area contributed by atoms with E-state index >= 15 is 0 Å². The van der Waals surface area contributed by atoms with Gasteiger partial charge in [-0.1, -0.05) is 0 Å². The van der Waals surface area contributed by atoms with Gasteiger partial charge in [-0.15, -0.1) is 11.3 Å². The van der Waals surface area contributed by atoms with E-state index in [0.29, 0.717) is 6.54 Å². The highest BCUT2D eigenvalue weighted by atomic mass is 32.2. The van der Waals surface area contributed by atoms with Gasteiger partial charge >= 0.3 is 0 Å². The first-order valence-corrected chi connectivity index (χ1v) is 10.6. The van der Waals surface area contributed by atoms with Gasteiger partial charge in [0.05, 0.1) is 28.7 Å². The number of sulfonamides is 1. The minimum absolute atomic E-state index is 0.113. The summed E-state index contributed by atoms with van der Waals surface area (Å²) in [5.74, 6) is 0.113. The molecule has 0 fully saturated rings. The van der Waals surface area contributed by atoms with Crippen molar-refractivity contribution in [2.75, 3.05) is 18.8 Å². The number of thiazole rings is 1. The lowest BCUT2D eigenvalue weighted by Gasteiger charge is -2.33. The Labute approximate surface area is 146 Å². The fourth-order valence-electron chi connectivity index (χ4n) is 2.96. The van der Waals surface area contributed by atoms with E-state index in [1.807, 2.05) is 29.4 Å². The third-order valence-electron chi connectivity index (χ3n) is 4.34. The van der Waals surface area contributed by atoms with Gasteiger partial charge < -0.3 is 0 Å². The molecule has 0 aromatic carbocycles. The Balaban J connectivity index is 1.66. The Hall–Kier alpha value is -1.29. The van der Waals surface area contributed by atoms with E-state index in [1.165, 1.54) is 10.6 Å². The molecule has 0 amide bonds. The molecule has 0 bridgehead atoms. The zero-order valence-corrected chi connectivity index (χ0v) is 15.6. The van der Waals surface area contributed by atoms with Gasteiger partial charge in [-0.3, -0.25) is 9.58 Å². The van der Waals surface area contributed by atoms with E-state index in [9.17, 15) is 8.42 Å². The van der Waals surface area contributed by atoms with E-state index in [4.69, 9.17) is 0 Å². The van der Waals surface area contributed by atoms with Crippen molar-refractivity contribution in [2.24, 2.45) is 0 Å². The summed E-state index contributed by atoms with van der Waals surface area (Å²) >= 11 is 1.69. The molecule has 3 rings (SSSR count). The molecular weight excluding hydrogens is 346 g/mol. The van der Waals surface area contributed by atoms with Gasteiger partial charge in [0.15, 0.2) is 0 Å². The first-order valence-electron chi connectivity index (χ1n) is 8.09. The maximum absolute atomic E-state index is 11.6. The van der Waals surface area contributed by atoms with Crippen molar-refractivity contribution in [1.82, 2.24) is 24.4 Å². The van der Waals surface area contributed by atoms with Crippen LogP contribution in [-0.4, -0.2) is 46.9 Å². The largest absolute Gasteiger partial charge is 0.290 e. The third kappa shape index (κ3) is 4.02. The molecule has 132 valence electrons. The third-order valence-corrected chi connectivity index (χ3v) is 6.67. The number of aryl methyl sites for hydroxylation is 1. The van der Waals surface area contributed by atoms with Crippen molar-refractivity contribution >= 4 is 21.4 Å². The Bertz CT molecular complexity index is 783. The predicted octanol–water partition coefficient (Wildman–Crippen LogP) is 1.53. The van der Waals surface area contributed by atoms with Gasteiger partial charge in [-0.2, -0.15) is 5.10 Å². The molecule has 3 heterocycles. The molecule has 1 aliphatic rings. The molecule has 0 aliphatic carbocycles. The highest BCUT2D eigenvalue weighted by Crippen LogP contribution is 2.25. The normalized spacial score (nSPS) is 18.7. The van der Waals surface area contributed by atoms with Crippen molar-refractivity contribution in [3.05, 3.63) is 34.0 Å². The zero-order chi connectivity index (χ0) is 17.2.